The number of alkyl carbamates (subject to hydrolysis) is 1. The van der Waals surface area contributed by atoms with Crippen LogP contribution in [0.1, 0.15) is 33.1 Å². The molecule has 0 spiro atoms. The Hall–Kier alpha value is -1.34. The summed E-state index contributed by atoms with van der Waals surface area (Å²) in [6, 6.07) is 2.66. The molecule has 0 aromatic rings. The summed E-state index contributed by atoms with van der Waals surface area (Å²) in [5.41, 5.74) is 0.330. The normalized spacial score (nSPS) is 11.0. The lowest BCUT2D eigenvalue weighted by Crippen LogP contribution is -2.29. The topological polar surface area (TPSA) is 73.9 Å². The summed E-state index contributed by atoms with van der Waals surface area (Å²) in [5, 5.41) is 2.50. The molecule has 0 aromatic carbocycles. The van der Waals surface area contributed by atoms with Crippen molar-refractivity contribution in [2.24, 2.45) is 0 Å². The summed E-state index contributed by atoms with van der Waals surface area (Å²) >= 11 is 0. The number of hydrogen-bond acceptors (Lipinski definition) is 5. The minimum atomic E-state index is -1.06. The number of rotatable bonds is 14. The van der Waals surface area contributed by atoms with E-state index in [1.54, 1.807) is 6.92 Å². The molecule has 0 aliphatic rings. The van der Waals surface area contributed by atoms with Crippen LogP contribution in [-0.4, -0.2) is 53.1 Å². The molecule has 6 nitrogen and oxygen atoms in total. The number of carbonyl (C=O) groups excluding carboxylic acids is 2. The monoisotopic (exact) mass is 373 g/mol. The molecule has 0 aliphatic carbocycles. The molecule has 1 N–H and O–H groups in total. The van der Waals surface area contributed by atoms with Gasteiger partial charge in [-0.15, -0.1) is 0 Å². The van der Waals surface area contributed by atoms with Gasteiger partial charge in [0.25, 0.3) is 0 Å². The van der Waals surface area contributed by atoms with Gasteiger partial charge in [-0.05, 0) is 13.3 Å². The second-order valence-electron chi connectivity index (χ2n) is 6.96. The summed E-state index contributed by atoms with van der Waals surface area (Å²) in [5.74, 6) is -0.468. The molecule has 0 atom stereocenters. The minimum Gasteiger partial charge on any atom is -0.460 e. The molecule has 0 aliphatic heterocycles. The van der Waals surface area contributed by atoms with Gasteiger partial charge in [0.2, 0.25) is 0 Å². The Bertz CT molecular complexity index is 412. The number of unbranched alkanes of at least 4 members (excludes halogenated alkanes) is 1. The van der Waals surface area contributed by atoms with Crippen LogP contribution in [0.15, 0.2) is 12.2 Å². The molecule has 1 amide bonds. The van der Waals surface area contributed by atoms with Crippen molar-refractivity contribution in [3.8, 4) is 0 Å². The summed E-state index contributed by atoms with van der Waals surface area (Å²) < 4.78 is 15.3. The van der Waals surface area contributed by atoms with Crippen LogP contribution in [0, 0.1) is 0 Å². The molecule has 0 rings (SSSR count). The predicted molar refractivity (Wildman–Crippen MR) is 103 cm³/mol. The largest absolute Gasteiger partial charge is 0.460 e. The molecule has 0 saturated heterocycles. The first-order chi connectivity index (χ1) is 11.8. The molecule has 7 heteroatoms. The zero-order chi connectivity index (χ0) is 19.1. The SMILES string of the molecule is C=C(C)C(=O)OCCNC(=O)OCCOCCC[Si](C)(C)CCCC. The highest BCUT2D eigenvalue weighted by atomic mass is 28.3. The molecule has 0 unspecified atom stereocenters. The number of hydrogen-bond donors (Lipinski definition) is 1. The Labute approximate surface area is 153 Å². The van der Waals surface area contributed by atoms with Gasteiger partial charge >= 0.3 is 12.1 Å². The second-order valence-corrected chi connectivity index (χ2v) is 12.3. The number of ether oxygens (including phenoxy) is 3. The van der Waals surface area contributed by atoms with Crippen molar-refractivity contribution in [1.82, 2.24) is 5.32 Å². The maximum atomic E-state index is 11.4. The predicted octanol–water partition coefficient (Wildman–Crippen LogP) is 3.75. The minimum absolute atomic E-state index is 0.0923. The molecule has 0 radical (unpaired) electrons. The van der Waals surface area contributed by atoms with E-state index in [2.05, 4.69) is 31.9 Å². The van der Waals surface area contributed by atoms with E-state index in [4.69, 9.17) is 14.2 Å². The highest BCUT2D eigenvalue weighted by molar-refractivity contribution is 6.77. The van der Waals surface area contributed by atoms with Crippen molar-refractivity contribution < 1.29 is 23.8 Å². The molecular weight excluding hydrogens is 338 g/mol. The molecule has 0 saturated carbocycles. The van der Waals surface area contributed by atoms with Gasteiger partial charge in [-0.2, -0.15) is 0 Å². The highest BCUT2D eigenvalue weighted by Gasteiger charge is 2.18. The van der Waals surface area contributed by atoms with Gasteiger partial charge in [-0.3, -0.25) is 0 Å². The van der Waals surface area contributed by atoms with Crippen LogP contribution >= 0.6 is 0 Å². The quantitative estimate of drug-likeness (QED) is 0.217. The first kappa shape index (κ1) is 23.7. The highest BCUT2D eigenvalue weighted by Crippen LogP contribution is 2.20. The van der Waals surface area contributed by atoms with E-state index in [9.17, 15) is 9.59 Å². The van der Waals surface area contributed by atoms with Gasteiger partial charge in [0.05, 0.1) is 13.2 Å². The molecule has 146 valence electrons. The lowest BCUT2D eigenvalue weighted by molar-refractivity contribution is -0.138. The van der Waals surface area contributed by atoms with Crippen molar-refractivity contribution >= 4 is 20.1 Å². The van der Waals surface area contributed by atoms with Crippen LogP contribution in [0.25, 0.3) is 0 Å². The zero-order valence-corrected chi connectivity index (χ0v) is 17.3. The van der Waals surface area contributed by atoms with Gasteiger partial charge < -0.3 is 19.5 Å². The second kappa shape index (κ2) is 13.9. The van der Waals surface area contributed by atoms with Crippen molar-refractivity contribution in [2.75, 3.05) is 33.0 Å². The van der Waals surface area contributed by atoms with Crippen LogP contribution in [-0.2, 0) is 19.0 Å². The fourth-order valence-electron chi connectivity index (χ4n) is 2.20. The van der Waals surface area contributed by atoms with Gasteiger partial charge in [0.15, 0.2) is 0 Å². The first-order valence-corrected chi connectivity index (χ1v) is 12.5. The van der Waals surface area contributed by atoms with E-state index in [0.717, 1.165) is 6.42 Å². The van der Waals surface area contributed by atoms with E-state index >= 15 is 0 Å². The number of nitrogens with one attached hydrogen (secondary N) is 1. The average molecular weight is 374 g/mol. The van der Waals surface area contributed by atoms with Crippen LogP contribution in [0.3, 0.4) is 0 Å². The maximum Gasteiger partial charge on any atom is 0.407 e. The molecule has 0 heterocycles. The number of amides is 1. The average Bonchev–Trinajstić information content (AvgIpc) is 2.55. The standard InChI is InChI=1S/C18H35NO5Si/c1-6-7-14-25(4,5)15-8-10-22-12-13-24-18(21)19-9-11-23-17(20)16(2)3/h2,6-15H2,1,3-5H3,(H,19,21). The summed E-state index contributed by atoms with van der Waals surface area (Å²) in [6.45, 7) is 13.8. The molecule has 0 fully saturated rings. The van der Waals surface area contributed by atoms with Crippen LogP contribution in [0.2, 0.25) is 25.2 Å². The third-order valence-corrected chi connectivity index (χ3v) is 7.18. The fourth-order valence-corrected chi connectivity index (χ4v) is 4.86. The third kappa shape index (κ3) is 14.7. The van der Waals surface area contributed by atoms with E-state index < -0.39 is 20.1 Å². The first-order valence-electron chi connectivity index (χ1n) is 9.09. The van der Waals surface area contributed by atoms with Crippen molar-refractivity contribution in [3.63, 3.8) is 0 Å². The van der Waals surface area contributed by atoms with E-state index in [0.29, 0.717) is 18.8 Å². The Kier molecular flexibility index (Phi) is 13.1. The van der Waals surface area contributed by atoms with E-state index in [1.165, 1.54) is 24.9 Å². The van der Waals surface area contributed by atoms with Crippen molar-refractivity contribution in [1.29, 1.82) is 0 Å². The van der Waals surface area contributed by atoms with Gasteiger partial charge in [0.1, 0.15) is 13.2 Å². The van der Waals surface area contributed by atoms with Gasteiger partial charge in [-0.1, -0.05) is 51.5 Å². The van der Waals surface area contributed by atoms with E-state index in [1.807, 2.05) is 0 Å². The Morgan fingerprint density at radius 3 is 2.32 bits per heavy atom. The Balaban J connectivity index is 3.49. The Morgan fingerprint density at radius 1 is 1.00 bits per heavy atom. The van der Waals surface area contributed by atoms with E-state index in [-0.39, 0.29) is 19.8 Å². The fraction of sp³-hybridized carbons (Fsp3) is 0.778. The third-order valence-electron chi connectivity index (χ3n) is 3.76. The Morgan fingerprint density at radius 2 is 1.68 bits per heavy atom. The van der Waals surface area contributed by atoms with Crippen LogP contribution in [0.5, 0.6) is 0 Å². The van der Waals surface area contributed by atoms with Crippen molar-refractivity contribution in [3.05, 3.63) is 12.2 Å². The number of esters is 1. The molecule has 25 heavy (non-hydrogen) atoms. The van der Waals surface area contributed by atoms with Crippen LogP contribution in [0.4, 0.5) is 4.79 Å². The van der Waals surface area contributed by atoms with Crippen LogP contribution < -0.4 is 5.32 Å². The van der Waals surface area contributed by atoms with Gasteiger partial charge in [-0.25, -0.2) is 9.59 Å². The zero-order valence-electron chi connectivity index (χ0n) is 16.3. The molecular formula is C18H35NO5Si. The lowest BCUT2D eigenvalue weighted by Gasteiger charge is -2.21. The number of carbonyl (C=O) groups is 2. The smallest absolute Gasteiger partial charge is 0.407 e. The van der Waals surface area contributed by atoms with Gasteiger partial charge in [0, 0.05) is 20.3 Å². The molecule has 0 bridgehead atoms. The maximum absolute atomic E-state index is 11.4. The summed E-state index contributed by atoms with van der Waals surface area (Å²) in [4.78, 5) is 22.5. The summed E-state index contributed by atoms with van der Waals surface area (Å²) in [7, 11) is -1.06. The molecule has 0 aromatic heterocycles. The lowest BCUT2D eigenvalue weighted by atomic mass is 10.4. The van der Waals surface area contributed by atoms with Crippen molar-refractivity contribution in [2.45, 2.75) is 58.3 Å². The summed E-state index contributed by atoms with van der Waals surface area (Å²) in [6.07, 6.45) is 3.13.